The molecule has 0 radical (unpaired) electrons. The number of rotatable bonds is 8. The number of aldehydes is 1. The lowest BCUT2D eigenvalue weighted by Crippen LogP contribution is -2.47. The van der Waals surface area contributed by atoms with E-state index < -0.39 is 5.60 Å². The van der Waals surface area contributed by atoms with Crippen molar-refractivity contribution in [1.82, 2.24) is 0 Å². The Kier molecular flexibility index (Phi) is 8.36. The molecule has 57 heavy (non-hydrogen) atoms. The molecule has 6 aromatic rings. The van der Waals surface area contributed by atoms with Gasteiger partial charge in [0.1, 0.15) is 35.0 Å². The van der Waals surface area contributed by atoms with Gasteiger partial charge in [-0.15, -0.1) is 0 Å². The first-order chi connectivity index (χ1) is 27.5. The molecule has 0 atom stereocenters. The van der Waals surface area contributed by atoms with Gasteiger partial charge in [0, 0.05) is 44.2 Å². The molecule has 9 rings (SSSR count). The fourth-order valence-electron chi connectivity index (χ4n) is 10.9. The molecule has 3 aliphatic rings. The molecule has 288 valence electrons. The summed E-state index contributed by atoms with van der Waals surface area (Å²) >= 11 is 0. The standard InChI is InChI=1S/C51H48O6/c1-48(2)25-26-49(3,4)51(48)42-12-10-9-11-37(42)45-40-29-44(56-8)39(36-22-13-31(30-52)27-43(36)55-7)28-41(40)47-38(46(45)51)23-24-50(57-47,32-14-18-34(53-5)19-15-32)33-16-20-35(54-6)21-17-33/h9-24,27-30H,25-26H2,1-8H3. The second-order valence-corrected chi connectivity index (χ2v) is 16.9. The Morgan fingerprint density at radius 1 is 0.614 bits per heavy atom. The second kappa shape index (κ2) is 13.0. The molecule has 0 N–H and O–H groups in total. The van der Waals surface area contributed by atoms with Crippen molar-refractivity contribution >= 4 is 23.1 Å². The number of benzene rings is 6. The Balaban J connectivity index is 1.44. The van der Waals surface area contributed by atoms with Crippen LogP contribution in [0.2, 0.25) is 0 Å². The van der Waals surface area contributed by atoms with E-state index in [0.29, 0.717) is 17.1 Å². The van der Waals surface area contributed by atoms with E-state index in [2.05, 4.69) is 101 Å². The van der Waals surface area contributed by atoms with Crippen molar-refractivity contribution in [3.63, 3.8) is 0 Å². The number of fused-ring (bicyclic) bond motifs is 10. The molecule has 1 saturated carbocycles. The Morgan fingerprint density at radius 2 is 1.21 bits per heavy atom. The van der Waals surface area contributed by atoms with Crippen molar-refractivity contribution in [3.8, 4) is 51.0 Å². The van der Waals surface area contributed by atoms with Crippen LogP contribution < -0.4 is 23.7 Å². The lowest BCUT2D eigenvalue weighted by atomic mass is 9.53. The third kappa shape index (κ3) is 4.98. The number of ether oxygens (including phenoxy) is 5. The van der Waals surface area contributed by atoms with E-state index in [-0.39, 0.29) is 16.2 Å². The van der Waals surface area contributed by atoms with Crippen LogP contribution in [0.25, 0.3) is 39.1 Å². The van der Waals surface area contributed by atoms with E-state index in [1.807, 2.05) is 36.4 Å². The SMILES string of the molecule is COc1ccc(C2(c3ccc(OC)cc3)C=Cc3c4c(c5cc(OC)c(-c6ccc(C=O)cc6OC)cc5c3O2)-c2ccccc2C42C(C)(C)CCC2(C)C)cc1. The predicted molar refractivity (Wildman–Crippen MR) is 227 cm³/mol. The molecular weight excluding hydrogens is 709 g/mol. The van der Waals surface area contributed by atoms with Crippen molar-refractivity contribution in [3.05, 3.63) is 143 Å². The normalized spacial score (nSPS) is 17.3. The highest BCUT2D eigenvalue weighted by molar-refractivity contribution is 6.11. The third-order valence-corrected chi connectivity index (χ3v) is 13.4. The summed E-state index contributed by atoms with van der Waals surface area (Å²) < 4.78 is 31.2. The summed E-state index contributed by atoms with van der Waals surface area (Å²) in [6, 6.07) is 35.2. The highest BCUT2D eigenvalue weighted by Crippen LogP contribution is 2.74. The zero-order valence-corrected chi connectivity index (χ0v) is 33.9. The zero-order valence-electron chi connectivity index (χ0n) is 33.9. The summed E-state index contributed by atoms with van der Waals surface area (Å²) in [6.45, 7) is 9.82. The van der Waals surface area contributed by atoms with Crippen LogP contribution in [0.1, 0.15) is 78.7 Å². The zero-order chi connectivity index (χ0) is 39.9. The molecule has 1 aliphatic heterocycles. The molecule has 1 fully saturated rings. The monoisotopic (exact) mass is 756 g/mol. The minimum Gasteiger partial charge on any atom is -0.497 e. The van der Waals surface area contributed by atoms with Crippen LogP contribution in [0, 0.1) is 10.8 Å². The molecule has 6 heteroatoms. The average molecular weight is 757 g/mol. The van der Waals surface area contributed by atoms with Gasteiger partial charge in [-0.2, -0.15) is 0 Å². The van der Waals surface area contributed by atoms with E-state index in [1.165, 1.54) is 22.3 Å². The van der Waals surface area contributed by atoms with Gasteiger partial charge in [-0.3, -0.25) is 4.79 Å². The summed E-state index contributed by atoms with van der Waals surface area (Å²) in [5.74, 6) is 3.62. The topological polar surface area (TPSA) is 63.2 Å². The maximum Gasteiger partial charge on any atom is 0.178 e. The number of carbonyl (C=O) groups is 1. The minimum absolute atomic E-state index is 0.0780. The molecular formula is C51H48O6. The van der Waals surface area contributed by atoms with E-state index in [9.17, 15) is 4.79 Å². The molecule has 1 heterocycles. The van der Waals surface area contributed by atoms with Gasteiger partial charge in [-0.05, 0) is 106 Å². The maximum atomic E-state index is 11.8. The van der Waals surface area contributed by atoms with Gasteiger partial charge < -0.3 is 23.7 Å². The van der Waals surface area contributed by atoms with Crippen molar-refractivity contribution in [2.45, 2.75) is 51.6 Å². The van der Waals surface area contributed by atoms with E-state index in [4.69, 9.17) is 23.7 Å². The summed E-state index contributed by atoms with van der Waals surface area (Å²) in [5.41, 5.74) is 8.88. The smallest absolute Gasteiger partial charge is 0.178 e. The molecule has 6 aromatic carbocycles. The fourth-order valence-corrected chi connectivity index (χ4v) is 10.9. The summed E-state index contributed by atoms with van der Waals surface area (Å²) in [4.78, 5) is 11.8. The first-order valence-corrected chi connectivity index (χ1v) is 19.6. The number of methoxy groups -OCH3 is 4. The van der Waals surface area contributed by atoms with Crippen LogP contribution in [-0.2, 0) is 11.0 Å². The molecule has 0 amide bonds. The van der Waals surface area contributed by atoms with Gasteiger partial charge in [0.25, 0.3) is 0 Å². The first-order valence-electron chi connectivity index (χ1n) is 19.6. The van der Waals surface area contributed by atoms with Gasteiger partial charge in [0.2, 0.25) is 0 Å². The Morgan fingerprint density at radius 3 is 1.79 bits per heavy atom. The van der Waals surface area contributed by atoms with Gasteiger partial charge in [0.05, 0.1) is 28.4 Å². The van der Waals surface area contributed by atoms with Crippen molar-refractivity contribution < 1.29 is 28.5 Å². The van der Waals surface area contributed by atoms with Crippen LogP contribution in [0.15, 0.2) is 109 Å². The van der Waals surface area contributed by atoms with Gasteiger partial charge >= 0.3 is 0 Å². The largest absolute Gasteiger partial charge is 0.497 e. The lowest BCUT2D eigenvalue weighted by molar-refractivity contribution is 0.112. The maximum absolute atomic E-state index is 11.8. The van der Waals surface area contributed by atoms with Crippen molar-refractivity contribution in [1.29, 1.82) is 0 Å². The number of hydrogen-bond acceptors (Lipinski definition) is 6. The molecule has 2 aliphatic carbocycles. The molecule has 6 nitrogen and oxygen atoms in total. The van der Waals surface area contributed by atoms with Crippen LogP contribution in [0.3, 0.4) is 0 Å². The fraction of sp³-hybridized carbons (Fsp3) is 0.275. The van der Waals surface area contributed by atoms with Gasteiger partial charge in [0.15, 0.2) is 5.60 Å². The number of hydrogen-bond donors (Lipinski definition) is 0. The molecule has 0 bridgehead atoms. The Hall–Kier alpha value is -6.01. The van der Waals surface area contributed by atoms with E-state index in [1.54, 1.807) is 34.5 Å². The first kappa shape index (κ1) is 36.6. The van der Waals surface area contributed by atoms with E-state index >= 15 is 0 Å². The Bertz CT molecular complexity index is 2550. The third-order valence-electron chi connectivity index (χ3n) is 13.4. The molecule has 1 spiro atoms. The highest BCUT2D eigenvalue weighted by Gasteiger charge is 2.66. The van der Waals surface area contributed by atoms with Gasteiger partial charge in [-0.1, -0.05) is 88.4 Å². The summed E-state index contributed by atoms with van der Waals surface area (Å²) in [7, 11) is 6.71. The molecule has 0 unspecified atom stereocenters. The minimum atomic E-state index is -1.00. The molecule has 0 aromatic heterocycles. The number of carbonyl (C=O) groups excluding carboxylic acids is 1. The second-order valence-electron chi connectivity index (χ2n) is 16.9. The van der Waals surface area contributed by atoms with Crippen LogP contribution in [-0.4, -0.2) is 34.7 Å². The summed E-state index contributed by atoms with van der Waals surface area (Å²) in [6.07, 6.45) is 7.58. The molecule has 0 saturated heterocycles. The van der Waals surface area contributed by atoms with E-state index in [0.717, 1.165) is 75.0 Å². The van der Waals surface area contributed by atoms with Crippen LogP contribution in [0.4, 0.5) is 0 Å². The lowest BCUT2D eigenvalue weighted by Gasteiger charge is -2.50. The predicted octanol–water partition coefficient (Wildman–Crippen LogP) is 11.8. The van der Waals surface area contributed by atoms with Crippen molar-refractivity contribution in [2.24, 2.45) is 10.8 Å². The highest BCUT2D eigenvalue weighted by atomic mass is 16.5. The average Bonchev–Trinajstić information content (AvgIpc) is 3.68. The van der Waals surface area contributed by atoms with Crippen LogP contribution >= 0.6 is 0 Å². The summed E-state index contributed by atoms with van der Waals surface area (Å²) in [5, 5.41) is 2.02. The Labute approximate surface area is 335 Å². The van der Waals surface area contributed by atoms with Crippen LogP contribution in [0.5, 0.6) is 28.7 Å². The van der Waals surface area contributed by atoms with Gasteiger partial charge in [-0.25, -0.2) is 0 Å². The van der Waals surface area contributed by atoms with Crippen molar-refractivity contribution in [2.75, 3.05) is 28.4 Å². The quantitative estimate of drug-likeness (QED) is 0.144.